The Kier molecular flexibility index (Phi) is 7.71. The zero-order valence-electron chi connectivity index (χ0n) is 19.1. The van der Waals surface area contributed by atoms with Crippen molar-refractivity contribution in [3.05, 3.63) is 95.0 Å². The van der Waals surface area contributed by atoms with Gasteiger partial charge in [-0.25, -0.2) is 4.98 Å². The standard InChI is InChI=1S/C28H21ClN2O3S/c1-33-21-12-13-27(34-2)23(14-21)25-15-22(18-8-10-20(29)11-9-18)24(16-30)28(31-25)35-17-26(32)19-6-4-3-5-7-19/h3-15H,17H2,1-2H3. The van der Waals surface area contributed by atoms with Gasteiger partial charge in [0.15, 0.2) is 5.78 Å². The summed E-state index contributed by atoms with van der Waals surface area (Å²) in [5, 5.41) is 11.1. The topological polar surface area (TPSA) is 72.2 Å². The second-order valence-corrected chi connectivity index (χ2v) is 8.90. The van der Waals surface area contributed by atoms with Crippen LogP contribution in [0.25, 0.3) is 22.4 Å². The molecule has 0 amide bonds. The van der Waals surface area contributed by atoms with E-state index in [1.807, 2.05) is 48.5 Å². The third-order valence-corrected chi connectivity index (χ3v) is 6.60. The average molecular weight is 501 g/mol. The van der Waals surface area contributed by atoms with Gasteiger partial charge in [-0.3, -0.25) is 4.79 Å². The van der Waals surface area contributed by atoms with Crippen LogP contribution in [-0.4, -0.2) is 30.7 Å². The number of hydrogen-bond acceptors (Lipinski definition) is 6. The molecule has 0 bridgehead atoms. The molecule has 0 spiro atoms. The number of methoxy groups -OCH3 is 2. The molecule has 4 aromatic rings. The minimum Gasteiger partial charge on any atom is -0.497 e. The number of ether oxygens (including phenoxy) is 2. The molecule has 1 heterocycles. The van der Waals surface area contributed by atoms with E-state index in [2.05, 4.69) is 6.07 Å². The van der Waals surface area contributed by atoms with E-state index in [4.69, 9.17) is 26.1 Å². The number of halogens is 1. The molecule has 0 aliphatic heterocycles. The number of ketones is 1. The summed E-state index contributed by atoms with van der Waals surface area (Å²) < 4.78 is 11.0. The van der Waals surface area contributed by atoms with Crippen molar-refractivity contribution >= 4 is 29.1 Å². The fourth-order valence-electron chi connectivity index (χ4n) is 3.58. The highest BCUT2D eigenvalue weighted by Crippen LogP contribution is 2.38. The van der Waals surface area contributed by atoms with Gasteiger partial charge < -0.3 is 9.47 Å². The van der Waals surface area contributed by atoms with Crippen LogP contribution in [0.5, 0.6) is 11.5 Å². The van der Waals surface area contributed by atoms with Crippen molar-refractivity contribution in [3.8, 4) is 40.0 Å². The highest BCUT2D eigenvalue weighted by atomic mass is 35.5. The van der Waals surface area contributed by atoms with Crippen molar-refractivity contribution in [3.63, 3.8) is 0 Å². The van der Waals surface area contributed by atoms with Gasteiger partial charge in [-0.05, 0) is 42.0 Å². The van der Waals surface area contributed by atoms with E-state index in [1.165, 1.54) is 11.8 Å². The minimum atomic E-state index is -0.0429. The van der Waals surface area contributed by atoms with E-state index in [1.54, 1.807) is 44.6 Å². The number of aromatic nitrogens is 1. The zero-order chi connectivity index (χ0) is 24.8. The predicted octanol–water partition coefficient (Wildman–Crippen LogP) is 6.93. The van der Waals surface area contributed by atoms with Crippen LogP contribution in [0, 0.1) is 11.3 Å². The van der Waals surface area contributed by atoms with Gasteiger partial charge >= 0.3 is 0 Å². The van der Waals surface area contributed by atoms with Crippen LogP contribution in [-0.2, 0) is 0 Å². The Hall–Kier alpha value is -3.79. The molecule has 174 valence electrons. The fourth-order valence-corrected chi connectivity index (χ4v) is 4.61. The summed E-state index contributed by atoms with van der Waals surface area (Å²) in [4.78, 5) is 17.6. The van der Waals surface area contributed by atoms with E-state index < -0.39 is 0 Å². The van der Waals surface area contributed by atoms with E-state index in [0.717, 1.165) is 5.56 Å². The molecule has 0 aliphatic carbocycles. The van der Waals surface area contributed by atoms with E-state index in [-0.39, 0.29) is 11.5 Å². The Bertz CT molecular complexity index is 1400. The number of pyridine rings is 1. The number of thioether (sulfide) groups is 1. The number of benzene rings is 3. The number of carbonyl (C=O) groups is 1. The first-order chi connectivity index (χ1) is 17.0. The minimum absolute atomic E-state index is 0.0429. The Morgan fingerprint density at radius 2 is 1.71 bits per heavy atom. The summed E-state index contributed by atoms with van der Waals surface area (Å²) in [6, 6.07) is 25.9. The summed E-state index contributed by atoms with van der Waals surface area (Å²) in [6.07, 6.45) is 0. The van der Waals surface area contributed by atoms with Gasteiger partial charge in [0.2, 0.25) is 0 Å². The monoisotopic (exact) mass is 500 g/mol. The first-order valence-corrected chi connectivity index (χ1v) is 12.0. The molecule has 3 aromatic carbocycles. The molecule has 7 heteroatoms. The molecule has 5 nitrogen and oxygen atoms in total. The average Bonchev–Trinajstić information content (AvgIpc) is 2.91. The lowest BCUT2D eigenvalue weighted by atomic mass is 9.99. The second-order valence-electron chi connectivity index (χ2n) is 7.50. The Labute approximate surface area is 213 Å². The summed E-state index contributed by atoms with van der Waals surface area (Å²) in [5.41, 5.74) is 3.81. The molecule has 0 fully saturated rings. The van der Waals surface area contributed by atoms with Crippen molar-refractivity contribution in [2.45, 2.75) is 5.03 Å². The number of rotatable bonds is 8. The molecule has 0 saturated heterocycles. The van der Waals surface area contributed by atoms with E-state index in [0.29, 0.717) is 49.5 Å². The largest absolute Gasteiger partial charge is 0.497 e. The quantitative estimate of drug-likeness (QED) is 0.193. The van der Waals surface area contributed by atoms with Crippen molar-refractivity contribution < 1.29 is 14.3 Å². The SMILES string of the molecule is COc1ccc(OC)c(-c2cc(-c3ccc(Cl)cc3)c(C#N)c(SCC(=O)c3ccccc3)n2)c1. The number of hydrogen-bond donors (Lipinski definition) is 0. The Morgan fingerprint density at radius 3 is 2.37 bits per heavy atom. The van der Waals surface area contributed by atoms with Gasteiger partial charge in [-0.2, -0.15) is 5.26 Å². The van der Waals surface area contributed by atoms with Gasteiger partial charge in [0.05, 0.1) is 31.2 Å². The van der Waals surface area contributed by atoms with Crippen LogP contribution in [0.15, 0.2) is 83.9 Å². The van der Waals surface area contributed by atoms with E-state index >= 15 is 0 Å². The molecule has 1 aromatic heterocycles. The number of nitrogens with zero attached hydrogens (tertiary/aromatic N) is 2. The normalized spacial score (nSPS) is 10.5. The lowest BCUT2D eigenvalue weighted by Gasteiger charge is -2.15. The van der Waals surface area contributed by atoms with Crippen LogP contribution >= 0.6 is 23.4 Å². The van der Waals surface area contributed by atoms with Crippen molar-refractivity contribution in [2.24, 2.45) is 0 Å². The van der Waals surface area contributed by atoms with Gasteiger partial charge in [-0.1, -0.05) is 65.8 Å². The van der Waals surface area contributed by atoms with Crippen molar-refractivity contribution in [1.29, 1.82) is 5.26 Å². The van der Waals surface area contributed by atoms with Gasteiger partial charge in [0.25, 0.3) is 0 Å². The second kappa shape index (κ2) is 11.1. The number of Topliss-reactive ketones (excluding diaryl/α,β-unsaturated/α-hetero) is 1. The fraction of sp³-hybridized carbons (Fsp3) is 0.107. The van der Waals surface area contributed by atoms with Crippen LogP contribution in [0.4, 0.5) is 0 Å². The van der Waals surface area contributed by atoms with Crippen molar-refractivity contribution in [1.82, 2.24) is 4.98 Å². The summed E-state index contributed by atoms with van der Waals surface area (Å²) >= 11 is 7.34. The van der Waals surface area contributed by atoms with Crippen LogP contribution in [0.3, 0.4) is 0 Å². The maximum atomic E-state index is 12.8. The third-order valence-electron chi connectivity index (χ3n) is 5.37. The molecule has 4 rings (SSSR count). The van der Waals surface area contributed by atoms with Gasteiger partial charge in [0.1, 0.15) is 22.6 Å². The lowest BCUT2D eigenvalue weighted by Crippen LogP contribution is -2.04. The maximum Gasteiger partial charge on any atom is 0.173 e. The smallest absolute Gasteiger partial charge is 0.173 e. The Balaban J connectivity index is 1.85. The molecule has 0 saturated carbocycles. The summed E-state index contributed by atoms with van der Waals surface area (Å²) in [5.74, 6) is 1.36. The number of nitriles is 1. The summed E-state index contributed by atoms with van der Waals surface area (Å²) in [6.45, 7) is 0. The Morgan fingerprint density at radius 1 is 0.971 bits per heavy atom. The first-order valence-electron chi connectivity index (χ1n) is 10.7. The molecule has 0 aliphatic rings. The molecular weight excluding hydrogens is 480 g/mol. The highest BCUT2D eigenvalue weighted by molar-refractivity contribution is 8.00. The van der Waals surface area contributed by atoms with E-state index in [9.17, 15) is 10.1 Å². The molecule has 0 atom stereocenters. The van der Waals surface area contributed by atoms with Crippen LogP contribution in [0.1, 0.15) is 15.9 Å². The lowest BCUT2D eigenvalue weighted by molar-refractivity contribution is 0.102. The number of carbonyl (C=O) groups excluding carboxylic acids is 1. The first kappa shape index (κ1) is 24.3. The maximum absolute atomic E-state index is 12.8. The molecule has 0 radical (unpaired) electrons. The highest BCUT2D eigenvalue weighted by Gasteiger charge is 2.19. The van der Waals surface area contributed by atoms with Crippen molar-refractivity contribution in [2.75, 3.05) is 20.0 Å². The van der Waals surface area contributed by atoms with Gasteiger partial charge in [-0.15, -0.1) is 0 Å². The van der Waals surface area contributed by atoms with Gasteiger partial charge in [0, 0.05) is 21.7 Å². The third kappa shape index (κ3) is 5.48. The molecule has 35 heavy (non-hydrogen) atoms. The van der Waals surface area contributed by atoms with Crippen LogP contribution < -0.4 is 9.47 Å². The molecule has 0 unspecified atom stereocenters. The molecular formula is C28H21ClN2O3S. The molecule has 0 N–H and O–H groups in total. The zero-order valence-corrected chi connectivity index (χ0v) is 20.7. The summed E-state index contributed by atoms with van der Waals surface area (Å²) in [7, 11) is 3.18. The predicted molar refractivity (Wildman–Crippen MR) is 139 cm³/mol. The van der Waals surface area contributed by atoms with Crippen LogP contribution in [0.2, 0.25) is 5.02 Å².